The van der Waals surface area contributed by atoms with Crippen LogP contribution >= 0.6 is 8.69 Å². The van der Waals surface area contributed by atoms with Crippen molar-refractivity contribution in [1.82, 2.24) is 9.55 Å². The monoisotopic (exact) mass is 270 g/mol. The first-order valence-corrected chi connectivity index (χ1v) is 5.95. The molecule has 2 rings (SSSR count). The quantitative estimate of drug-likeness (QED) is 0.636. The molecule has 2 heterocycles. The van der Waals surface area contributed by atoms with Gasteiger partial charge in [0.05, 0.1) is 6.61 Å². The topological polar surface area (TPSA) is 90.4 Å². The minimum absolute atomic E-state index is 0.134. The van der Waals surface area contributed by atoms with Gasteiger partial charge >= 0.3 is 14.4 Å². The molecule has 0 saturated heterocycles. The summed E-state index contributed by atoms with van der Waals surface area (Å²) in [7, 11) is -0.415. The molecule has 1 aliphatic rings. The summed E-state index contributed by atoms with van der Waals surface area (Å²) in [4.78, 5) is 25.0. The number of H-pyrrole nitrogens is 1. The van der Waals surface area contributed by atoms with Gasteiger partial charge in [-0.05, 0) is 13.0 Å². The maximum absolute atomic E-state index is 11.6. The third-order valence-corrected chi connectivity index (χ3v) is 2.77. The summed E-state index contributed by atoms with van der Waals surface area (Å²) in [5, 5.41) is 0. The Kier molecular flexibility index (Phi) is 3.86. The lowest BCUT2D eigenvalue weighted by Crippen LogP contribution is -2.33. The van der Waals surface area contributed by atoms with Gasteiger partial charge in [0.25, 0.3) is 5.56 Å². The fourth-order valence-electron chi connectivity index (χ4n) is 1.62. The highest BCUT2D eigenvalue weighted by molar-refractivity contribution is 7.17. The second kappa shape index (κ2) is 5.39. The summed E-state index contributed by atoms with van der Waals surface area (Å²) in [6.45, 7) is 1.74. The van der Waals surface area contributed by atoms with Gasteiger partial charge in [0, 0.05) is 11.8 Å². The number of rotatable bonds is 4. The Morgan fingerprint density at radius 1 is 1.50 bits per heavy atom. The van der Waals surface area contributed by atoms with E-state index in [0.717, 1.165) is 0 Å². The summed E-state index contributed by atoms with van der Waals surface area (Å²) < 4.78 is 21.6. The second-order valence-corrected chi connectivity index (χ2v) is 4.21. The highest BCUT2D eigenvalue weighted by Gasteiger charge is 2.22. The van der Waals surface area contributed by atoms with E-state index in [4.69, 9.17) is 4.74 Å². The Labute approximate surface area is 103 Å². The van der Waals surface area contributed by atoms with Crippen molar-refractivity contribution in [3.63, 3.8) is 0 Å². The third kappa shape index (κ3) is 2.64. The molecular weight excluding hydrogens is 259 g/mol. The molecule has 96 valence electrons. The lowest BCUT2D eigenvalue weighted by atomic mass is 10.3. The fourth-order valence-corrected chi connectivity index (χ4v) is 1.83. The van der Waals surface area contributed by atoms with Crippen LogP contribution in [0, 0.1) is 6.92 Å². The van der Waals surface area contributed by atoms with Gasteiger partial charge in [-0.15, -0.1) is 0 Å². The SMILES string of the molecule is Cc1cn([C@H]2C=C[C@@H](COP=O)O2)c(=O)[nH]c1=O. The predicted octanol–water partition coefficient (Wildman–Crippen LogP) is 0.522. The Morgan fingerprint density at radius 2 is 2.28 bits per heavy atom. The van der Waals surface area contributed by atoms with Crippen molar-refractivity contribution in [3.05, 3.63) is 44.8 Å². The number of nitrogens with one attached hydrogen (secondary N) is 1. The van der Waals surface area contributed by atoms with E-state index in [-0.39, 0.29) is 12.7 Å². The van der Waals surface area contributed by atoms with E-state index in [0.29, 0.717) is 5.56 Å². The van der Waals surface area contributed by atoms with E-state index < -0.39 is 26.2 Å². The molecule has 0 spiro atoms. The van der Waals surface area contributed by atoms with Gasteiger partial charge in [-0.1, -0.05) is 6.08 Å². The van der Waals surface area contributed by atoms with Gasteiger partial charge in [0.1, 0.15) is 6.10 Å². The molecule has 0 fully saturated rings. The number of nitrogens with zero attached hydrogens (tertiary/aromatic N) is 1. The minimum Gasteiger partial charge on any atom is -0.344 e. The highest BCUT2D eigenvalue weighted by Crippen LogP contribution is 2.20. The Hall–Kier alpha value is -1.56. The Bertz CT molecular complexity index is 591. The smallest absolute Gasteiger partial charge is 0.330 e. The number of ether oxygens (including phenoxy) is 1. The van der Waals surface area contributed by atoms with Gasteiger partial charge in [-0.25, -0.2) is 9.36 Å². The number of aryl methyl sites for hydroxylation is 1. The van der Waals surface area contributed by atoms with Crippen molar-refractivity contribution < 1.29 is 13.8 Å². The van der Waals surface area contributed by atoms with Crippen LogP contribution in [0.5, 0.6) is 0 Å². The molecule has 1 aromatic heterocycles. The standard InChI is InChI=1S/C10H11N2O5P/c1-6-4-12(10(14)11-9(6)13)8-3-2-7(17-8)5-16-18-15/h2-4,7-8H,5H2,1H3,(H,11,13,14)/t7-,8+/m0/s1. The van der Waals surface area contributed by atoms with Crippen LogP contribution in [-0.2, 0) is 13.8 Å². The van der Waals surface area contributed by atoms with E-state index in [2.05, 4.69) is 9.51 Å². The third-order valence-electron chi connectivity index (χ3n) is 2.52. The molecule has 1 aliphatic heterocycles. The van der Waals surface area contributed by atoms with E-state index in [1.54, 1.807) is 19.1 Å². The normalized spacial score (nSPS) is 22.7. The zero-order chi connectivity index (χ0) is 13.1. The lowest BCUT2D eigenvalue weighted by molar-refractivity contribution is -0.00348. The van der Waals surface area contributed by atoms with Crippen LogP contribution in [0.3, 0.4) is 0 Å². The van der Waals surface area contributed by atoms with Gasteiger partial charge in [0.2, 0.25) is 0 Å². The molecule has 0 saturated carbocycles. The van der Waals surface area contributed by atoms with Crippen LogP contribution in [0.1, 0.15) is 11.8 Å². The lowest BCUT2D eigenvalue weighted by Gasteiger charge is -2.15. The molecule has 1 aromatic rings. The van der Waals surface area contributed by atoms with Crippen molar-refractivity contribution >= 4 is 8.69 Å². The summed E-state index contributed by atoms with van der Waals surface area (Å²) in [6, 6.07) is 0. The largest absolute Gasteiger partial charge is 0.344 e. The van der Waals surface area contributed by atoms with Crippen molar-refractivity contribution in [1.29, 1.82) is 0 Å². The molecule has 0 bridgehead atoms. The Morgan fingerprint density at radius 3 is 3.00 bits per heavy atom. The summed E-state index contributed by atoms with van der Waals surface area (Å²) in [5.41, 5.74) is -0.531. The first-order valence-electron chi connectivity index (χ1n) is 5.22. The maximum atomic E-state index is 11.6. The molecule has 18 heavy (non-hydrogen) atoms. The summed E-state index contributed by atoms with van der Waals surface area (Å²) in [5.74, 6) is 0. The Balaban J connectivity index is 2.18. The first kappa shape index (κ1) is 12.9. The zero-order valence-corrected chi connectivity index (χ0v) is 10.4. The van der Waals surface area contributed by atoms with E-state index >= 15 is 0 Å². The van der Waals surface area contributed by atoms with E-state index in [1.165, 1.54) is 10.8 Å². The predicted molar refractivity (Wildman–Crippen MR) is 62.7 cm³/mol. The van der Waals surface area contributed by atoms with Crippen LogP contribution in [0.15, 0.2) is 27.9 Å². The first-order chi connectivity index (χ1) is 8.61. The molecule has 7 nitrogen and oxygen atoms in total. The molecular formula is C10H11N2O5P. The molecule has 2 atom stereocenters. The molecule has 0 radical (unpaired) electrons. The van der Waals surface area contributed by atoms with Crippen molar-refractivity contribution in [2.45, 2.75) is 19.3 Å². The minimum atomic E-state index is -0.593. The van der Waals surface area contributed by atoms with Gasteiger partial charge < -0.3 is 4.74 Å². The average Bonchev–Trinajstić information content (AvgIpc) is 2.79. The molecule has 0 aliphatic carbocycles. The number of hydrogen-bond acceptors (Lipinski definition) is 5. The molecule has 8 heteroatoms. The molecule has 0 amide bonds. The van der Waals surface area contributed by atoms with Crippen LogP contribution in [0.4, 0.5) is 0 Å². The highest BCUT2D eigenvalue weighted by atomic mass is 31.1. The average molecular weight is 270 g/mol. The van der Waals surface area contributed by atoms with Crippen molar-refractivity contribution in [2.75, 3.05) is 6.61 Å². The van der Waals surface area contributed by atoms with Gasteiger partial charge in [-0.2, -0.15) is 0 Å². The maximum Gasteiger partial charge on any atom is 0.330 e. The van der Waals surface area contributed by atoms with Crippen LogP contribution in [-0.4, -0.2) is 22.3 Å². The van der Waals surface area contributed by atoms with Crippen LogP contribution < -0.4 is 11.2 Å². The number of aromatic amines is 1. The molecule has 1 N–H and O–H groups in total. The summed E-state index contributed by atoms with van der Waals surface area (Å²) >= 11 is 0. The van der Waals surface area contributed by atoms with Gasteiger partial charge in [-0.3, -0.25) is 18.9 Å². The van der Waals surface area contributed by atoms with E-state index in [9.17, 15) is 14.2 Å². The van der Waals surface area contributed by atoms with Crippen LogP contribution in [0.25, 0.3) is 0 Å². The van der Waals surface area contributed by atoms with Crippen molar-refractivity contribution in [2.24, 2.45) is 0 Å². The molecule has 0 aromatic carbocycles. The summed E-state index contributed by atoms with van der Waals surface area (Å²) in [6.07, 6.45) is 3.86. The van der Waals surface area contributed by atoms with Gasteiger partial charge in [0.15, 0.2) is 6.23 Å². The number of hydrogen-bond donors (Lipinski definition) is 1. The van der Waals surface area contributed by atoms with Crippen LogP contribution in [0.2, 0.25) is 0 Å². The fraction of sp³-hybridized carbons (Fsp3) is 0.400. The zero-order valence-electron chi connectivity index (χ0n) is 9.53. The van der Waals surface area contributed by atoms with Crippen molar-refractivity contribution in [3.8, 4) is 0 Å². The van der Waals surface area contributed by atoms with E-state index in [1.807, 2.05) is 0 Å². The second-order valence-electron chi connectivity index (χ2n) is 3.80. The molecule has 0 unspecified atom stereocenters. The number of aromatic nitrogens is 2.